The number of aromatic nitrogens is 2. The lowest BCUT2D eigenvalue weighted by Gasteiger charge is -2.02. The van der Waals surface area contributed by atoms with Crippen LogP contribution >= 0.6 is 43.2 Å². The smallest absolute Gasteiger partial charge is 0.171 e. The number of nitrogens with two attached hydrogens (primary N) is 1. The Balaban J connectivity index is 2.44. The van der Waals surface area contributed by atoms with E-state index in [4.69, 9.17) is 5.73 Å². The first-order valence-electron chi connectivity index (χ1n) is 5.18. The minimum absolute atomic E-state index is 0.527. The second-order valence-corrected chi connectivity index (χ2v) is 6.81. The van der Waals surface area contributed by atoms with Gasteiger partial charge in [0.05, 0.1) is 8.66 Å². The van der Waals surface area contributed by atoms with Gasteiger partial charge in [0.15, 0.2) is 5.82 Å². The molecule has 2 aromatic heterocycles. The minimum Gasteiger partial charge on any atom is -0.384 e. The van der Waals surface area contributed by atoms with Gasteiger partial charge in [0, 0.05) is 16.2 Å². The van der Waals surface area contributed by atoms with Gasteiger partial charge in [0.2, 0.25) is 0 Å². The topological polar surface area (TPSA) is 51.8 Å². The zero-order valence-electron chi connectivity index (χ0n) is 9.20. The fraction of sp³-hybridized carbons (Fsp3) is 0.273. The van der Waals surface area contributed by atoms with E-state index in [1.807, 2.05) is 12.1 Å². The van der Waals surface area contributed by atoms with Crippen molar-refractivity contribution in [3.8, 4) is 10.7 Å². The Kier molecular flexibility index (Phi) is 4.17. The molecule has 2 rings (SSSR count). The van der Waals surface area contributed by atoms with Crippen LogP contribution in [0.5, 0.6) is 0 Å². The van der Waals surface area contributed by atoms with Crippen LogP contribution in [0.3, 0.4) is 0 Å². The highest BCUT2D eigenvalue weighted by Gasteiger charge is 2.10. The van der Waals surface area contributed by atoms with Crippen molar-refractivity contribution >= 4 is 49.0 Å². The third kappa shape index (κ3) is 3.05. The molecule has 0 saturated heterocycles. The molecule has 0 aromatic carbocycles. The van der Waals surface area contributed by atoms with Gasteiger partial charge in [-0.05, 0) is 44.3 Å². The van der Waals surface area contributed by atoms with Gasteiger partial charge in [0.25, 0.3) is 0 Å². The summed E-state index contributed by atoms with van der Waals surface area (Å²) in [4.78, 5) is 9.81. The summed E-state index contributed by atoms with van der Waals surface area (Å²) in [7, 11) is 0. The molecule has 6 heteroatoms. The molecular weight excluding hydrogens is 366 g/mol. The Bertz CT molecular complexity index is 520. The number of hydrogen-bond donors (Lipinski definition) is 1. The summed E-state index contributed by atoms with van der Waals surface area (Å²) in [5.41, 5.74) is 6.80. The highest BCUT2D eigenvalue weighted by molar-refractivity contribution is 9.13. The molecule has 0 aliphatic heterocycles. The number of halogens is 2. The predicted octanol–water partition coefficient (Wildman–Crippen LogP) is 4.26. The van der Waals surface area contributed by atoms with E-state index in [0.717, 1.165) is 31.7 Å². The summed E-state index contributed by atoms with van der Waals surface area (Å²) >= 11 is 8.52. The Labute approximate surface area is 121 Å². The highest BCUT2D eigenvalue weighted by Crippen LogP contribution is 2.37. The molecule has 0 bridgehead atoms. The predicted molar refractivity (Wildman–Crippen MR) is 79.2 cm³/mol. The van der Waals surface area contributed by atoms with E-state index in [9.17, 15) is 0 Å². The maximum Gasteiger partial charge on any atom is 0.171 e. The van der Waals surface area contributed by atoms with Crippen LogP contribution in [0, 0.1) is 0 Å². The monoisotopic (exact) mass is 375 g/mol. The van der Waals surface area contributed by atoms with Gasteiger partial charge >= 0.3 is 0 Å². The Morgan fingerprint density at radius 2 is 2.06 bits per heavy atom. The van der Waals surface area contributed by atoms with Gasteiger partial charge in [-0.25, -0.2) is 9.97 Å². The molecule has 3 nitrogen and oxygen atoms in total. The van der Waals surface area contributed by atoms with Crippen molar-refractivity contribution in [2.75, 3.05) is 5.73 Å². The number of nitrogen functional groups attached to an aromatic ring is 1. The quantitative estimate of drug-likeness (QED) is 0.870. The van der Waals surface area contributed by atoms with Gasteiger partial charge < -0.3 is 5.73 Å². The number of anilines is 1. The molecule has 0 saturated carbocycles. The van der Waals surface area contributed by atoms with E-state index in [0.29, 0.717) is 11.6 Å². The summed E-state index contributed by atoms with van der Waals surface area (Å²) in [5.74, 6) is 1.23. The van der Waals surface area contributed by atoms with E-state index < -0.39 is 0 Å². The molecule has 0 atom stereocenters. The van der Waals surface area contributed by atoms with Gasteiger partial charge in [-0.2, -0.15) is 0 Å². The number of aryl methyl sites for hydroxylation is 1. The fourth-order valence-electron chi connectivity index (χ4n) is 1.47. The van der Waals surface area contributed by atoms with Crippen molar-refractivity contribution in [1.82, 2.24) is 9.97 Å². The van der Waals surface area contributed by atoms with Crippen LogP contribution in [-0.2, 0) is 6.42 Å². The largest absolute Gasteiger partial charge is 0.384 e. The molecular formula is C11H11Br2N3S. The summed E-state index contributed by atoms with van der Waals surface area (Å²) in [6.07, 6.45) is 1.97. The lowest BCUT2D eigenvalue weighted by atomic mass is 10.2. The number of hydrogen-bond acceptors (Lipinski definition) is 4. The molecule has 17 heavy (non-hydrogen) atoms. The molecule has 0 amide bonds. The van der Waals surface area contributed by atoms with Crippen molar-refractivity contribution in [2.45, 2.75) is 19.8 Å². The maximum atomic E-state index is 5.80. The molecule has 2 N–H and O–H groups in total. The first-order valence-corrected chi connectivity index (χ1v) is 7.59. The Morgan fingerprint density at radius 1 is 1.29 bits per heavy atom. The standard InChI is InChI=1S/C11H11Br2N3S/c1-2-3-6-4-9(14)16-11(15-6)8-5-7(12)10(13)17-8/h4-5H,2-3H2,1H3,(H2,14,15,16). The molecule has 0 unspecified atom stereocenters. The minimum atomic E-state index is 0.527. The SMILES string of the molecule is CCCc1cc(N)nc(-c2cc(Br)c(Br)s2)n1. The highest BCUT2D eigenvalue weighted by atomic mass is 79.9. The van der Waals surface area contributed by atoms with Gasteiger partial charge in [-0.3, -0.25) is 0 Å². The lowest BCUT2D eigenvalue weighted by Crippen LogP contribution is -1.99. The molecule has 90 valence electrons. The molecule has 2 aromatic rings. The van der Waals surface area contributed by atoms with Crippen molar-refractivity contribution in [2.24, 2.45) is 0 Å². The zero-order chi connectivity index (χ0) is 12.4. The second-order valence-electron chi connectivity index (χ2n) is 3.59. The van der Waals surface area contributed by atoms with Gasteiger partial charge in [-0.1, -0.05) is 13.3 Å². The van der Waals surface area contributed by atoms with Crippen molar-refractivity contribution in [3.05, 3.63) is 26.1 Å². The second kappa shape index (κ2) is 5.46. The molecule has 0 spiro atoms. The summed E-state index contributed by atoms with van der Waals surface area (Å²) in [6.45, 7) is 2.12. The van der Waals surface area contributed by atoms with Gasteiger partial charge in [-0.15, -0.1) is 11.3 Å². The Morgan fingerprint density at radius 3 is 2.65 bits per heavy atom. The van der Waals surface area contributed by atoms with Crippen LogP contribution in [-0.4, -0.2) is 9.97 Å². The van der Waals surface area contributed by atoms with Crippen LogP contribution in [0.4, 0.5) is 5.82 Å². The van der Waals surface area contributed by atoms with Crippen molar-refractivity contribution in [3.63, 3.8) is 0 Å². The average Bonchev–Trinajstić information content (AvgIpc) is 2.59. The molecule has 2 heterocycles. The number of nitrogens with zero attached hydrogens (tertiary/aromatic N) is 2. The maximum absolute atomic E-state index is 5.80. The third-order valence-corrected chi connectivity index (χ3v) is 5.42. The molecule has 0 fully saturated rings. The van der Waals surface area contributed by atoms with Crippen LogP contribution in [0.1, 0.15) is 19.0 Å². The number of thiophene rings is 1. The lowest BCUT2D eigenvalue weighted by molar-refractivity contribution is 0.877. The first-order chi connectivity index (χ1) is 8.10. The first kappa shape index (κ1) is 13.0. The van der Waals surface area contributed by atoms with E-state index in [2.05, 4.69) is 48.8 Å². The van der Waals surface area contributed by atoms with E-state index in [1.165, 1.54) is 0 Å². The van der Waals surface area contributed by atoms with Crippen molar-refractivity contribution in [1.29, 1.82) is 0 Å². The van der Waals surface area contributed by atoms with E-state index in [-0.39, 0.29) is 0 Å². The van der Waals surface area contributed by atoms with Crippen LogP contribution < -0.4 is 5.73 Å². The molecule has 0 radical (unpaired) electrons. The summed E-state index contributed by atoms with van der Waals surface area (Å²) in [5, 5.41) is 0. The van der Waals surface area contributed by atoms with Crippen LogP contribution in [0.15, 0.2) is 20.4 Å². The third-order valence-electron chi connectivity index (χ3n) is 2.17. The zero-order valence-corrected chi connectivity index (χ0v) is 13.2. The van der Waals surface area contributed by atoms with E-state index >= 15 is 0 Å². The summed E-state index contributed by atoms with van der Waals surface area (Å²) in [6, 6.07) is 3.84. The Hall–Kier alpha value is -0.460. The summed E-state index contributed by atoms with van der Waals surface area (Å²) < 4.78 is 2.05. The number of rotatable bonds is 3. The van der Waals surface area contributed by atoms with Crippen LogP contribution in [0.25, 0.3) is 10.7 Å². The van der Waals surface area contributed by atoms with Gasteiger partial charge in [0.1, 0.15) is 5.82 Å². The van der Waals surface area contributed by atoms with Crippen LogP contribution in [0.2, 0.25) is 0 Å². The van der Waals surface area contributed by atoms with Crippen molar-refractivity contribution < 1.29 is 0 Å². The average molecular weight is 377 g/mol. The normalized spacial score (nSPS) is 10.8. The molecule has 0 aliphatic carbocycles. The van der Waals surface area contributed by atoms with E-state index in [1.54, 1.807) is 11.3 Å². The molecule has 0 aliphatic rings. The fourth-order valence-corrected chi connectivity index (χ4v) is 3.44.